The van der Waals surface area contributed by atoms with Crippen molar-refractivity contribution >= 4 is 27.0 Å². The summed E-state index contributed by atoms with van der Waals surface area (Å²) in [7, 11) is -1.23. The largest absolute Gasteiger partial charge is 0.477 e. The van der Waals surface area contributed by atoms with Gasteiger partial charge in [-0.15, -0.1) is 0 Å². The molecule has 3 rings (SSSR count). The molecule has 2 amide bonds. The van der Waals surface area contributed by atoms with Crippen LogP contribution in [0, 0.1) is 23.2 Å². The number of ether oxygens (including phenoxy) is 1. The Morgan fingerprint density at radius 3 is 2.50 bits per heavy atom. The second kappa shape index (κ2) is 9.39. The third-order valence-corrected chi connectivity index (χ3v) is 7.59. The van der Waals surface area contributed by atoms with Crippen molar-refractivity contribution < 1.29 is 28.7 Å². The fraction of sp³-hybridized carbons (Fsp3) is 0.696. The summed E-state index contributed by atoms with van der Waals surface area (Å²) in [5, 5.41) is 9.86. The average molecular weight is 465 g/mol. The van der Waals surface area contributed by atoms with Gasteiger partial charge in [-0.2, -0.15) is 0 Å². The van der Waals surface area contributed by atoms with E-state index in [0.29, 0.717) is 32.5 Å². The van der Waals surface area contributed by atoms with Gasteiger partial charge >= 0.3 is 12.1 Å². The number of likely N-dealkylation sites (tertiary alicyclic amines) is 1. The van der Waals surface area contributed by atoms with Crippen LogP contribution in [0.5, 0.6) is 0 Å². The van der Waals surface area contributed by atoms with E-state index in [0.717, 1.165) is 5.57 Å². The van der Waals surface area contributed by atoms with Crippen LogP contribution < -0.4 is 0 Å². The third-order valence-electron chi connectivity index (χ3n) is 6.73. The molecule has 3 atom stereocenters. The van der Waals surface area contributed by atoms with Crippen molar-refractivity contribution in [3.63, 3.8) is 0 Å². The molecule has 2 fully saturated rings. The Labute approximate surface area is 191 Å². The molecule has 0 saturated carbocycles. The molecule has 0 aromatic rings. The second-order valence-corrected chi connectivity index (χ2v) is 12.9. The maximum Gasteiger partial charge on any atom is 0.410 e. The average Bonchev–Trinajstić information content (AvgIpc) is 2.99. The fourth-order valence-electron chi connectivity index (χ4n) is 5.06. The molecular formula is C23H36N2O6Si. The number of rotatable bonds is 9. The van der Waals surface area contributed by atoms with Crippen molar-refractivity contribution in [1.29, 1.82) is 0 Å². The van der Waals surface area contributed by atoms with Crippen molar-refractivity contribution in [3.8, 4) is 0 Å². The number of nitrogens with zero attached hydrogens (tertiary/aromatic N) is 2. The molecular weight excluding hydrogens is 428 g/mol. The maximum atomic E-state index is 13.2. The quantitative estimate of drug-likeness (QED) is 0.320. The van der Waals surface area contributed by atoms with Crippen LogP contribution in [0.15, 0.2) is 23.9 Å². The van der Waals surface area contributed by atoms with Gasteiger partial charge in [-0.05, 0) is 48.8 Å². The van der Waals surface area contributed by atoms with E-state index in [2.05, 4.69) is 40.4 Å². The van der Waals surface area contributed by atoms with Gasteiger partial charge in [0, 0.05) is 19.7 Å². The lowest BCUT2D eigenvalue weighted by Gasteiger charge is -2.50. The summed E-state index contributed by atoms with van der Waals surface area (Å²) >= 11 is 0. The molecule has 32 heavy (non-hydrogen) atoms. The molecule has 0 radical (unpaired) electrons. The molecule has 0 unspecified atom stereocenters. The predicted molar refractivity (Wildman–Crippen MR) is 122 cm³/mol. The molecule has 0 spiro atoms. The maximum absolute atomic E-state index is 13.2. The Morgan fingerprint density at radius 2 is 1.97 bits per heavy atom. The monoisotopic (exact) mass is 464 g/mol. The number of aliphatic carboxylic acids is 1. The van der Waals surface area contributed by atoms with Crippen molar-refractivity contribution in [2.75, 3.05) is 26.3 Å². The van der Waals surface area contributed by atoms with Gasteiger partial charge in [0.1, 0.15) is 12.3 Å². The summed E-state index contributed by atoms with van der Waals surface area (Å²) in [6.45, 7) is 15.9. The van der Waals surface area contributed by atoms with Crippen LogP contribution in [0.2, 0.25) is 13.1 Å². The zero-order chi connectivity index (χ0) is 23.8. The first kappa shape index (κ1) is 24.5. The van der Waals surface area contributed by atoms with E-state index in [9.17, 15) is 19.5 Å². The lowest BCUT2D eigenvalue weighted by atomic mass is 9.66. The van der Waals surface area contributed by atoms with Gasteiger partial charge in [0.05, 0.1) is 12.0 Å². The lowest BCUT2D eigenvalue weighted by Crippen LogP contribution is -2.63. The summed E-state index contributed by atoms with van der Waals surface area (Å²) in [5.74, 6) is -1.15. The van der Waals surface area contributed by atoms with E-state index in [1.165, 1.54) is 11.0 Å². The van der Waals surface area contributed by atoms with Gasteiger partial charge < -0.3 is 24.1 Å². The molecule has 0 aromatic carbocycles. The van der Waals surface area contributed by atoms with E-state index < -0.39 is 15.0 Å². The highest BCUT2D eigenvalue weighted by Crippen LogP contribution is 2.50. The topological polar surface area (TPSA) is 96.4 Å². The van der Waals surface area contributed by atoms with Crippen molar-refractivity contribution in [1.82, 2.24) is 9.80 Å². The minimum Gasteiger partial charge on any atom is -0.477 e. The first-order chi connectivity index (χ1) is 15.0. The molecule has 3 aliphatic rings. The second-order valence-electron chi connectivity index (χ2n) is 10.5. The highest BCUT2D eigenvalue weighted by atomic mass is 28.3. The highest BCUT2D eigenvalue weighted by molar-refractivity contribution is 6.48. The Hall–Kier alpha value is -2.13. The highest BCUT2D eigenvalue weighted by Gasteiger charge is 2.59. The van der Waals surface area contributed by atoms with Crippen LogP contribution >= 0.6 is 0 Å². The molecule has 1 N–H and O–H groups in total. The standard InChI is InChI=1S/C23H36N2O6Si/c1-7-8-30-22(29)24-11-14(12-24)9-15-10-17-18(20(26)25(17)19(15)21(27)28)16(23(2,3)4)13-31-32(5)6/h7,14,16-18,32H,1,8-13H2,2-6H3,(H,27,28)/t16-,17-,18+/m1/s1. The predicted octanol–water partition coefficient (Wildman–Crippen LogP) is 2.86. The summed E-state index contributed by atoms with van der Waals surface area (Å²) in [4.78, 5) is 40.2. The number of carboxylic acids is 1. The number of hydrogen-bond donors (Lipinski definition) is 1. The van der Waals surface area contributed by atoms with Crippen LogP contribution in [-0.2, 0) is 18.8 Å². The summed E-state index contributed by atoms with van der Waals surface area (Å²) in [6.07, 6.45) is 2.31. The Kier molecular flexibility index (Phi) is 7.19. The fourth-order valence-corrected chi connectivity index (χ4v) is 5.65. The van der Waals surface area contributed by atoms with Crippen molar-refractivity contribution in [2.45, 2.75) is 52.7 Å². The number of carbonyl (C=O) groups is 3. The zero-order valence-electron chi connectivity index (χ0n) is 19.8. The van der Waals surface area contributed by atoms with E-state index >= 15 is 0 Å². The molecule has 8 nitrogen and oxygen atoms in total. The van der Waals surface area contributed by atoms with Crippen LogP contribution in [0.25, 0.3) is 0 Å². The third kappa shape index (κ3) is 4.78. The SMILES string of the molecule is C=CCOC(=O)N1CC(CC2=C(C(=O)O)N3C(=O)[C@@H]([C@@H](CO[SiH](C)C)C(C)(C)C)[C@H]3C2)C1. The number of hydrogen-bond acceptors (Lipinski definition) is 5. The summed E-state index contributed by atoms with van der Waals surface area (Å²) < 4.78 is 11.1. The van der Waals surface area contributed by atoms with Crippen LogP contribution in [0.1, 0.15) is 33.6 Å². The normalized spacial score (nSPS) is 24.2. The zero-order valence-corrected chi connectivity index (χ0v) is 21.0. The van der Waals surface area contributed by atoms with Crippen molar-refractivity contribution in [2.24, 2.45) is 23.2 Å². The molecule has 2 saturated heterocycles. The van der Waals surface area contributed by atoms with Crippen molar-refractivity contribution in [3.05, 3.63) is 23.9 Å². The first-order valence-electron chi connectivity index (χ1n) is 11.4. The molecule has 178 valence electrons. The number of β-lactam (4-membered cyclic amide) rings is 1. The van der Waals surface area contributed by atoms with Gasteiger partial charge in [0.15, 0.2) is 9.04 Å². The molecule has 0 aromatic heterocycles. The van der Waals surface area contributed by atoms with Gasteiger partial charge in [-0.3, -0.25) is 4.79 Å². The van der Waals surface area contributed by atoms with E-state index in [1.807, 2.05) is 0 Å². The molecule has 9 heteroatoms. The summed E-state index contributed by atoms with van der Waals surface area (Å²) in [5.41, 5.74) is 0.840. The first-order valence-corrected chi connectivity index (χ1v) is 14.2. The van der Waals surface area contributed by atoms with Gasteiger partial charge in [-0.25, -0.2) is 9.59 Å². The minimum atomic E-state index is -1.23. The van der Waals surface area contributed by atoms with Crippen LogP contribution in [0.3, 0.4) is 0 Å². The Morgan fingerprint density at radius 1 is 1.31 bits per heavy atom. The summed E-state index contributed by atoms with van der Waals surface area (Å²) in [6, 6.07) is -0.112. The number of fused-ring (bicyclic) bond motifs is 1. The van der Waals surface area contributed by atoms with Crippen LogP contribution in [0.4, 0.5) is 4.79 Å². The van der Waals surface area contributed by atoms with Gasteiger partial charge in [-0.1, -0.05) is 33.4 Å². The van der Waals surface area contributed by atoms with E-state index in [4.69, 9.17) is 9.16 Å². The van der Waals surface area contributed by atoms with E-state index in [-0.39, 0.29) is 53.5 Å². The van der Waals surface area contributed by atoms with Gasteiger partial charge in [0.2, 0.25) is 5.91 Å². The number of amides is 2. The van der Waals surface area contributed by atoms with E-state index in [1.54, 1.807) is 4.90 Å². The lowest BCUT2D eigenvalue weighted by molar-refractivity contribution is -0.162. The molecule has 3 aliphatic heterocycles. The molecule has 0 aliphatic carbocycles. The number of carboxylic acid groups (broad SMARTS) is 1. The molecule has 3 heterocycles. The smallest absolute Gasteiger partial charge is 0.410 e. The minimum absolute atomic E-state index is 0.0411. The van der Waals surface area contributed by atoms with Crippen LogP contribution in [-0.4, -0.2) is 74.3 Å². The molecule has 0 bridgehead atoms. The Balaban J connectivity index is 1.68. The Bertz CT molecular complexity index is 812. The number of carbonyl (C=O) groups excluding carboxylic acids is 2. The van der Waals surface area contributed by atoms with Gasteiger partial charge in [0.25, 0.3) is 0 Å².